The van der Waals surface area contributed by atoms with Crippen molar-refractivity contribution < 1.29 is 32.7 Å². The van der Waals surface area contributed by atoms with E-state index in [9.17, 15) is 37.5 Å². The van der Waals surface area contributed by atoms with E-state index in [1.54, 1.807) is 0 Å². The van der Waals surface area contributed by atoms with Crippen molar-refractivity contribution in [3.8, 4) is 0 Å². The molecule has 2 amide bonds. The number of primary amides is 1. The number of rotatable bonds is 4. The van der Waals surface area contributed by atoms with E-state index < -0.39 is 52.9 Å². The Morgan fingerprint density at radius 2 is 1.65 bits per heavy atom. The molecule has 1 fully saturated rings. The van der Waals surface area contributed by atoms with E-state index >= 15 is 0 Å². The summed E-state index contributed by atoms with van der Waals surface area (Å²) in [5.41, 5.74) is 9.61. The van der Waals surface area contributed by atoms with E-state index in [-0.39, 0.29) is 58.4 Å². The van der Waals surface area contributed by atoms with Crippen LogP contribution >= 0.6 is 0 Å². The molecule has 6 N–H and O–H groups in total. The van der Waals surface area contributed by atoms with Crippen LogP contribution < -0.4 is 22.3 Å². The molecule has 178 valence electrons. The number of nitrogens with one attached hydrogen (secondary N) is 1. The summed E-state index contributed by atoms with van der Waals surface area (Å²) in [7, 11) is 0. The molecule has 9 nitrogen and oxygen atoms in total. The van der Waals surface area contributed by atoms with Gasteiger partial charge >= 0.3 is 12.1 Å². The van der Waals surface area contributed by atoms with E-state index in [0.717, 1.165) is 6.07 Å². The number of amides is 2. The number of nitrogen functional groups attached to an aromatic ring is 1. The molecular weight excluding hydrogens is 457 g/mol. The van der Waals surface area contributed by atoms with Crippen LogP contribution in [0.3, 0.4) is 0 Å². The minimum Gasteiger partial charge on any atom is -0.478 e. The van der Waals surface area contributed by atoms with Crippen molar-refractivity contribution >= 4 is 45.1 Å². The average molecular weight is 476 g/mol. The van der Waals surface area contributed by atoms with Crippen molar-refractivity contribution in [3.05, 3.63) is 45.2 Å². The molecule has 0 unspecified atom stereocenters. The number of hydrogen-bond donors (Lipinski definition) is 4. The molecule has 12 heteroatoms. The molecule has 2 aromatic carbocycles. The first-order chi connectivity index (χ1) is 15.9. The minimum absolute atomic E-state index is 0.0491. The number of aromatic carboxylic acids is 1. The highest BCUT2D eigenvalue weighted by Crippen LogP contribution is 2.38. The number of carboxylic acid groups (broad SMARTS) is 1. The minimum atomic E-state index is -4.31. The lowest BCUT2D eigenvalue weighted by molar-refractivity contribution is -0.182. The Kier molecular flexibility index (Phi) is 5.54. The fourth-order valence-corrected chi connectivity index (χ4v) is 4.62. The van der Waals surface area contributed by atoms with Gasteiger partial charge in [0, 0.05) is 33.3 Å². The smallest absolute Gasteiger partial charge is 0.391 e. The van der Waals surface area contributed by atoms with Gasteiger partial charge in [-0.15, -0.1) is 0 Å². The second-order valence-corrected chi connectivity index (χ2v) is 8.29. The number of nitrogens with zero attached hydrogens (tertiary/aromatic N) is 1. The van der Waals surface area contributed by atoms with Gasteiger partial charge in [0.25, 0.3) is 11.5 Å². The van der Waals surface area contributed by atoms with Crippen molar-refractivity contribution in [1.29, 1.82) is 0 Å². The van der Waals surface area contributed by atoms with Gasteiger partial charge in [0.2, 0.25) is 5.91 Å². The fraction of sp³-hybridized carbons (Fsp3) is 0.318. The van der Waals surface area contributed by atoms with Gasteiger partial charge in [-0.2, -0.15) is 18.2 Å². The first kappa shape index (κ1) is 23.2. The molecule has 4 bridgehead atoms. The predicted molar refractivity (Wildman–Crippen MR) is 116 cm³/mol. The summed E-state index contributed by atoms with van der Waals surface area (Å²) in [4.78, 5) is 53.7. The van der Waals surface area contributed by atoms with Crippen molar-refractivity contribution in [2.24, 2.45) is 11.7 Å². The first-order valence-corrected chi connectivity index (χ1v) is 10.3. The van der Waals surface area contributed by atoms with Gasteiger partial charge < -0.3 is 21.9 Å². The topological polar surface area (TPSA) is 165 Å². The van der Waals surface area contributed by atoms with Crippen LogP contribution in [0.15, 0.2) is 23.0 Å². The molecule has 0 spiro atoms. The number of benzene rings is 2. The molecular formula is C22H19F3N4O5. The summed E-state index contributed by atoms with van der Waals surface area (Å²) in [6.07, 6.45) is -4.48. The van der Waals surface area contributed by atoms with Crippen molar-refractivity contribution in [1.82, 2.24) is 10.3 Å². The molecule has 0 atom stereocenters. The lowest BCUT2D eigenvalue weighted by Gasteiger charge is -2.30. The maximum atomic E-state index is 13.2. The molecule has 4 rings (SSSR count). The van der Waals surface area contributed by atoms with Gasteiger partial charge in [-0.3, -0.25) is 14.4 Å². The zero-order valence-electron chi connectivity index (χ0n) is 17.5. The number of halogens is 3. The molecule has 1 heterocycles. The number of anilines is 1. The Labute approximate surface area is 189 Å². The lowest BCUT2D eigenvalue weighted by Crippen LogP contribution is -2.40. The zero-order chi connectivity index (χ0) is 24.9. The summed E-state index contributed by atoms with van der Waals surface area (Å²) in [6.45, 7) is 0. The molecule has 34 heavy (non-hydrogen) atoms. The third-order valence-electron chi connectivity index (χ3n) is 6.26. The molecule has 0 radical (unpaired) electrons. The Bertz CT molecular complexity index is 1400. The Morgan fingerprint density at radius 3 is 2.21 bits per heavy atom. The van der Waals surface area contributed by atoms with Crippen LogP contribution in [0.2, 0.25) is 0 Å². The summed E-state index contributed by atoms with van der Waals surface area (Å²) >= 11 is 0. The van der Waals surface area contributed by atoms with Crippen LogP contribution in [-0.4, -0.2) is 40.1 Å². The predicted octanol–water partition coefficient (Wildman–Crippen LogP) is 2.42. The molecule has 1 aliphatic carbocycles. The summed E-state index contributed by atoms with van der Waals surface area (Å²) in [5, 5.41) is 11.9. The van der Waals surface area contributed by atoms with Crippen molar-refractivity contribution in [3.63, 3.8) is 0 Å². The second-order valence-electron chi connectivity index (χ2n) is 8.29. The van der Waals surface area contributed by atoms with Crippen molar-refractivity contribution in [2.45, 2.75) is 37.9 Å². The summed E-state index contributed by atoms with van der Waals surface area (Å²) in [5.74, 6) is -5.14. The van der Waals surface area contributed by atoms with Gasteiger partial charge in [0.05, 0.1) is 16.9 Å². The molecule has 1 aliphatic rings. The number of carbonyl (C=O) groups is 3. The first-order valence-electron chi connectivity index (χ1n) is 10.3. The van der Waals surface area contributed by atoms with Crippen LogP contribution in [-0.2, 0) is 0 Å². The zero-order valence-corrected chi connectivity index (χ0v) is 17.5. The van der Waals surface area contributed by atoms with E-state index in [1.807, 2.05) is 0 Å². The maximum Gasteiger partial charge on any atom is 0.391 e. The van der Waals surface area contributed by atoms with E-state index in [0.29, 0.717) is 0 Å². The molecule has 3 aromatic rings. The van der Waals surface area contributed by atoms with E-state index in [2.05, 4.69) is 10.3 Å². The van der Waals surface area contributed by atoms with Crippen LogP contribution in [0.5, 0.6) is 0 Å². The lowest BCUT2D eigenvalue weighted by atomic mass is 9.85. The van der Waals surface area contributed by atoms with Gasteiger partial charge in [-0.05, 0) is 43.9 Å². The van der Waals surface area contributed by atoms with Crippen LogP contribution in [0.1, 0.15) is 56.8 Å². The SMILES string of the molecule is NC(=O)c1ccc2c(=O)nc(N)c3c(C(=O)O)cc(C(=O)NC4CCC(C(F)(F)F)CC4)c2c13. The summed E-state index contributed by atoms with van der Waals surface area (Å²) < 4.78 is 38.9. The quantitative estimate of drug-likeness (QED) is 0.449. The van der Waals surface area contributed by atoms with Crippen LogP contribution in [0.25, 0.3) is 21.5 Å². The number of carboxylic acids is 1. The summed E-state index contributed by atoms with van der Waals surface area (Å²) in [6, 6.07) is 2.90. The Hall–Kier alpha value is -3.96. The molecule has 0 aliphatic heterocycles. The fourth-order valence-electron chi connectivity index (χ4n) is 4.62. The third kappa shape index (κ3) is 3.84. The number of carbonyl (C=O) groups excluding carboxylic acids is 2. The van der Waals surface area contributed by atoms with E-state index in [1.165, 1.54) is 12.1 Å². The van der Waals surface area contributed by atoms with Gasteiger partial charge in [0.15, 0.2) is 0 Å². The van der Waals surface area contributed by atoms with Gasteiger partial charge in [0.1, 0.15) is 5.82 Å². The normalized spacial score (nSPS) is 18.8. The average Bonchev–Trinajstić information content (AvgIpc) is 2.79. The van der Waals surface area contributed by atoms with Gasteiger partial charge in [-0.1, -0.05) is 0 Å². The molecule has 1 saturated carbocycles. The number of hydrogen-bond acceptors (Lipinski definition) is 6. The Morgan fingerprint density at radius 1 is 1.00 bits per heavy atom. The maximum absolute atomic E-state index is 13.2. The second kappa shape index (κ2) is 8.12. The highest BCUT2D eigenvalue weighted by atomic mass is 19.4. The Balaban J connectivity index is 1.88. The van der Waals surface area contributed by atoms with Crippen molar-refractivity contribution in [2.75, 3.05) is 5.73 Å². The monoisotopic (exact) mass is 476 g/mol. The number of alkyl halides is 3. The number of aromatic nitrogens is 1. The molecule has 0 saturated heterocycles. The van der Waals surface area contributed by atoms with Crippen LogP contribution in [0.4, 0.5) is 19.0 Å². The van der Waals surface area contributed by atoms with Gasteiger partial charge in [-0.25, -0.2) is 4.79 Å². The third-order valence-corrected chi connectivity index (χ3v) is 6.26. The van der Waals surface area contributed by atoms with E-state index in [4.69, 9.17) is 11.5 Å². The molecule has 1 aromatic heterocycles. The largest absolute Gasteiger partial charge is 0.478 e. The highest BCUT2D eigenvalue weighted by molar-refractivity contribution is 6.28. The highest BCUT2D eigenvalue weighted by Gasteiger charge is 2.41. The standard InChI is InChI=1S/C22H19F3N4O5/c23-22(24,25)8-1-3-9(4-2-8)28-20(32)12-7-13(21(33)34)16-15-10(18(27)30)5-6-11(14(12)15)19(31)29-17(16)26/h5-9H,1-4H2,(H2,27,30)(H,28,32)(H,33,34)(H2,26,29,31). The van der Waals surface area contributed by atoms with Crippen LogP contribution in [0, 0.1) is 5.92 Å². The number of nitrogens with two attached hydrogens (primary N) is 2.